The van der Waals surface area contributed by atoms with E-state index in [-0.39, 0.29) is 11.4 Å². The van der Waals surface area contributed by atoms with Gasteiger partial charge in [-0.2, -0.15) is 5.10 Å². The van der Waals surface area contributed by atoms with Crippen LogP contribution in [0.25, 0.3) is 10.9 Å². The van der Waals surface area contributed by atoms with E-state index < -0.39 is 29.6 Å². The molecule has 0 radical (unpaired) electrons. The second-order valence-corrected chi connectivity index (χ2v) is 7.27. The molecule has 10 heteroatoms. The lowest BCUT2D eigenvalue weighted by atomic mass is 10.2. The molecule has 0 aliphatic carbocycles. The van der Waals surface area contributed by atoms with Gasteiger partial charge in [0, 0.05) is 10.6 Å². The monoisotopic (exact) mass is 466 g/mol. The first-order valence-electron chi connectivity index (χ1n) is 9.67. The zero-order valence-corrected chi connectivity index (χ0v) is 17.7. The van der Waals surface area contributed by atoms with E-state index in [4.69, 9.17) is 16.3 Å². The minimum atomic E-state index is -0.719. The van der Waals surface area contributed by atoms with Gasteiger partial charge in [0.25, 0.3) is 11.5 Å². The van der Waals surface area contributed by atoms with E-state index in [0.717, 1.165) is 0 Å². The predicted molar refractivity (Wildman–Crippen MR) is 124 cm³/mol. The highest BCUT2D eigenvalue weighted by molar-refractivity contribution is 6.30. The van der Waals surface area contributed by atoms with Gasteiger partial charge in [0.2, 0.25) is 0 Å². The van der Waals surface area contributed by atoms with Crippen molar-refractivity contribution in [2.45, 2.75) is 0 Å². The molecule has 1 aromatic heterocycles. The van der Waals surface area contributed by atoms with E-state index >= 15 is 0 Å². The molecule has 0 fully saturated rings. The average Bonchev–Trinajstić information content (AvgIpc) is 2.80. The number of nitrogens with zero attached hydrogens (tertiary/aromatic N) is 2. The van der Waals surface area contributed by atoms with Gasteiger partial charge in [0.15, 0.2) is 6.61 Å². The third-order valence-corrected chi connectivity index (χ3v) is 4.81. The molecule has 33 heavy (non-hydrogen) atoms. The Morgan fingerprint density at radius 1 is 1.12 bits per heavy atom. The van der Waals surface area contributed by atoms with E-state index in [2.05, 4.69) is 15.4 Å². The molecule has 0 atom stereocenters. The first kappa shape index (κ1) is 22.0. The van der Waals surface area contributed by atoms with E-state index in [9.17, 15) is 18.8 Å². The summed E-state index contributed by atoms with van der Waals surface area (Å²) in [4.78, 5) is 39.7. The van der Waals surface area contributed by atoms with Crippen LogP contribution in [-0.2, 0) is 4.79 Å². The Bertz CT molecular complexity index is 1500. The average molecular weight is 467 g/mol. The second-order valence-electron chi connectivity index (χ2n) is 6.84. The number of aromatic amines is 1. The fourth-order valence-corrected chi connectivity index (χ4v) is 3.20. The summed E-state index contributed by atoms with van der Waals surface area (Å²) in [6.45, 7) is -0.423. The van der Waals surface area contributed by atoms with Gasteiger partial charge in [0.05, 0.1) is 22.8 Å². The number of nitrogens with one attached hydrogen (secondary N) is 2. The summed E-state index contributed by atoms with van der Waals surface area (Å²) in [6, 6.07) is 16.8. The molecule has 4 aromatic rings. The predicted octanol–water partition coefficient (Wildman–Crippen LogP) is 3.38. The van der Waals surface area contributed by atoms with Gasteiger partial charge in [-0.25, -0.2) is 9.18 Å². The van der Waals surface area contributed by atoms with Crippen LogP contribution in [0.4, 0.5) is 10.1 Å². The van der Waals surface area contributed by atoms with Crippen LogP contribution in [0.15, 0.2) is 81.4 Å². The van der Waals surface area contributed by atoms with Crippen molar-refractivity contribution in [1.82, 2.24) is 9.66 Å². The third-order valence-electron chi connectivity index (χ3n) is 4.57. The van der Waals surface area contributed by atoms with Crippen molar-refractivity contribution in [1.29, 1.82) is 0 Å². The molecule has 0 bridgehead atoms. The third kappa shape index (κ3) is 4.99. The number of carbonyl (C=O) groups is 1. The highest BCUT2D eigenvalue weighted by atomic mass is 35.5. The van der Waals surface area contributed by atoms with Crippen molar-refractivity contribution in [2.75, 3.05) is 11.9 Å². The summed E-state index contributed by atoms with van der Waals surface area (Å²) >= 11 is 6.05. The minimum Gasteiger partial charge on any atom is -0.483 e. The Labute approximate surface area is 190 Å². The molecule has 4 rings (SSSR count). The SMILES string of the molecule is O=C(COc1ccc(Cl)cc1C=Nn1c(=O)[nH]c2ccccc2c1=O)Nc1ccccc1F. The Morgan fingerprint density at radius 2 is 1.88 bits per heavy atom. The first-order chi connectivity index (χ1) is 15.9. The molecule has 0 aliphatic rings. The van der Waals surface area contributed by atoms with E-state index in [0.29, 0.717) is 26.2 Å². The lowest BCUT2D eigenvalue weighted by Gasteiger charge is -2.10. The largest absolute Gasteiger partial charge is 0.483 e. The number of anilines is 1. The Morgan fingerprint density at radius 3 is 2.70 bits per heavy atom. The molecule has 0 unspecified atom stereocenters. The molecule has 0 saturated carbocycles. The molecule has 166 valence electrons. The maximum atomic E-state index is 13.7. The molecule has 0 saturated heterocycles. The first-order valence-corrected chi connectivity index (χ1v) is 10.1. The van der Waals surface area contributed by atoms with Gasteiger partial charge >= 0.3 is 5.69 Å². The summed E-state index contributed by atoms with van der Waals surface area (Å²) < 4.78 is 19.9. The number of para-hydroxylation sites is 2. The van der Waals surface area contributed by atoms with Gasteiger partial charge in [0.1, 0.15) is 11.6 Å². The van der Waals surface area contributed by atoms with Gasteiger partial charge in [-0.3, -0.25) is 9.59 Å². The number of amides is 1. The number of carbonyl (C=O) groups excluding carboxylic acids is 1. The van der Waals surface area contributed by atoms with Crippen LogP contribution in [-0.4, -0.2) is 28.4 Å². The van der Waals surface area contributed by atoms with Crippen LogP contribution in [0.1, 0.15) is 5.56 Å². The van der Waals surface area contributed by atoms with Crippen molar-refractivity contribution in [3.8, 4) is 5.75 Å². The lowest BCUT2D eigenvalue weighted by Crippen LogP contribution is -2.32. The van der Waals surface area contributed by atoms with Gasteiger partial charge in [-0.15, -0.1) is 4.68 Å². The number of halogens is 2. The number of hydrogen-bond donors (Lipinski definition) is 2. The van der Waals surface area contributed by atoms with Crippen LogP contribution in [0, 0.1) is 5.82 Å². The molecule has 2 N–H and O–H groups in total. The number of aromatic nitrogens is 2. The fourth-order valence-electron chi connectivity index (χ4n) is 3.02. The highest BCUT2D eigenvalue weighted by Gasteiger charge is 2.10. The summed E-state index contributed by atoms with van der Waals surface area (Å²) in [5.74, 6) is -0.937. The molecular formula is C23H16ClFN4O4. The Balaban J connectivity index is 1.57. The summed E-state index contributed by atoms with van der Waals surface area (Å²) in [5, 5.41) is 7.03. The fraction of sp³-hybridized carbons (Fsp3) is 0.0435. The van der Waals surface area contributed by atoms with Crippen LogP contribution >= 0.6 is 11.6 Å². The van der Waals surface area contributed by atoms with E-state index in [1.54, 1.807) is 30.3 Å². The summed E-state index contributed by atoms with van der Waals surface area (Å²) in [5.41, 5.74) is -0.575. The van der Waals surface area contributed by atoms with Crippen LogP contribution in [0.3, 0.4) is 0 Å². The number of rotatable bonds is 6. The molecule has 0 aliphatic heterocycles. The van der Waals surface area contributed by atoms with Crippen molar-refractivity contribution in [2.24, 2.45) is 5.10 Å². The maximum absolute atomic E-state index is 13.7. The summed E-state index contributed by atoms with van der Waals surface area (Å²) in [7, 11) is 0. The normalized spacial score (nSPS) is 11.1. The molecule has 8 nitrogen and oxygen atoms in total. The quantitative estimate of drug-likeness (QED) is 0.425. The molecule has 1 heterocycles. The number of benzene rings is 3. The Kier molecular flexibility index (Phi) is 6.32. The second kappa shape index (κ2) is 9.49. The standard InChI is InChI=1S/C23H16ClFN4O4/c24-15-9-10-20(33-13-21(30)27-19-8-4-2-6-17(19)25)14(11-15)12-26-29-22(31)16-5-1-3-7-18(16)28-23(29)32/h1-12H,13H2,(H,27,30)(H,28,32). The van der Waals surface area contributed by atoms with Gasteiger partial charge in [-0.1, -0.05) is 35.9 Å². The van der Waals surface area contributed by atoms with Crippen LogP contribution < -0.4 is 21.3 Å². The van der Waals surface area contributed by atoms with Crippen LogP contribution in [0.2, 0.25) is 5.02 Å². The van der Waals surface area contributed by atoms with Gasteiger partial charge < -0.3 is 15.0 Å². The molecule has 0 spiro atoms. The molecule has 1 amide bonds. The van der Waals surface area contributed by atoms with Gasteiger partial charge in [-0.05, 0) is 42.5 Å². The van der Waals surface area contributed by atoms with Crippen molar-refractivity contribution in [3.05, 3.63) is 104 Å². The van der Waals surface area contributed by atoms with E-state index in [1.807, 2.05) is 0 Å². The number of ether oxygens (including phenoxy) is 1. The van der Waals surface area contributed by atoms with Crippen LogP contribution in [0.5, 0.6) is 5.75 Å². The summed E-state index contributed by atoms with van der Waals surface area (Å²) in [6.07, 6.45) is 1.22. The lowest BCUT2D eigenvalue weighted by molar-refractivity contribution is -0.118. The number of H-pyrrole nitrogens is 1. The van der Waals surface area contributed by atoms with Crippen molar-refractivity contribution < 1.29 is 13.9 Å². The molecular weight excluding hydrogens is 451 g/mol. The molecule has 3 aromatic carbocycles. The minimum absolute atomic E-state index is 0.0268. The van der Waals surface area contributed by atoms with Crippen molar-refractivity contribution >= 4 is 40.3 Å². The zero-order valence-electron chi connectivity index (χ0n) is 16.9. The number of hydrogen-bond acceptors (Lipinski definition) is 5. The Hall–Kier alpha value is -4.24. The zero-order chi connectivity index (χ0) is 23.4. The maximum Gasteiger partial charge on any atom is 0.349 e. The van der Waals surface area contributed by atoms with Crippen molar-refractivity contribution in [3.63, 3.8) is 0 Å². The van der Waals surface area contributed by atoms with E-state index in [1.165, 1.54) is 42.6 Å². The topological polar surface area (TPSA) is 106 Å². The highest BCUT2D eigenvalue weighted by Crippen LogP contribution is 2.22. The smallest absolute Gasteiger partial charge is 0.349 e. The number of fused-ring (bicyclic) bond motifs is 1.